The van der Waals surface area contributed by atoms with Crippen LogP contribution in [0.4, 0.5) is 56.6 Å². The van der Waals surface area contributed by atoms with E-state index in [1.54, 1.807) is 110 Å². The Balaban J connectivity index is 0.000000178. The molecule has 3 N–H and O–H groups in total. The van der Waals surface area contributed by atoms with Gasteiger partial charge in [0.15, 0.2) is 46.3 Å². The van der Waals surface area contributed by atoms with Gasteiger partial charge in [-0.3, -0.25) is 57.4 Å². The number of carbonyl (C=O) groups is 3. The molecule has 732 valence electrons. The Bertz CT molecular complexity index is 6870. The Kier molecular flexibility index (Phi) is 30.3. The van der Waals surface area contributed by atoms with Crippen LogP contribution in [0.2, 0.25) is 30.1 Å². The highest BCUT2D eigenvalue weighted by molar-refractivity contribution is 6.46. The van der Waals surface area contributed by atoms with E-state index in [0.29, 0.717) is 44.8 Å². The van der Waals surface area contributed by atoms with Gasteiger partial charge >= 0.3 is 0 Å². The molecule has 3 aromatic carbocycles. The van der Waals surface area contributed by atoms with Gasteiger partial charge in [0.25, 0.3) is 16.7 Å². The Labute approximate surface area is 830 Å². The van der Waals surface area contributed by atoms with Gasteiger partial charge in [-0.1, -0.05) is 131 Å². The number of hydrogen-bond donors (Lipinski definition) is 3. The summed E-state index contributed by atoms with van der Waals surface area (Å²) < 4.78 is 136. The van der Waals surface area contributed by atoms with Crippen molar-refractivity contribution in [2.75, 3.05) is 54.0 Å². The highest BCUT2D eigenvalue weighted by atomic mass is 35.5. The number of halogens is 15. The van der Waals surface area contributed by atoms with E-state index in [4.69, 9.17) is 74.6 Å². The number of fused-ring (bicyclic) bond motifs is 3. The molecule has 12 heterocycles. The summed E-state index contributed by atoms with van der Waals surface area (Å²) in [7, 11) is 0. The molecule has 3 saturated heterocycles. The van der Waals surface area contributed by atoms with Gasteiger partial charge < -0.3 is 44.7 Å². The fraction of sp³-hybridized carbons (Fsp3) is 0.303. The van der Waals surface area contributed by atoms with Crippen LogP contribution in [0.25, 0.3) is 83.9 Å². The van der Waals surface area contributed by atoms with Crippen molar-refractivity contribution in [2.24, 2.45) is 0 Å². The highest BCUT2D eigenvalue weighted by Crippen LogP contribution is 2.51. The molecular weight excluding hydrogens is 1970 g/mol. The van der Waals surface area contributed by atoms with E-state index in [-0.39, 0.29) is 170 Å². The number of phenolic OH excluding ortho intramolecular Hbond substituents is 3. The molecular formula is C99H87Cl6F9N18O9. The van der Waals surface area contributed by atoms with Crippen molar-refractivity contribution in [1.29, 1.82) is 15.8 Å². The molecule has 3 fully saturated rings. The van der Waals surface area contributed by atoms with Crippen molar-refractivity contribution in [3.63, 3.8) is 0 Å². The number of nitrogens with zero attached hydrogens (tertiary/aromatic N) is 18. The lowest BCUT2D eigenvalue weighted by molar-refractivity contribution is -0.131. The van der Waals surface area contributed by atoms with Crippen molar-refractivity contribution in [3.05, 3.63) is 257 Å². The minimum atomic E-state index is -2.23. The SMILES string of the molecule is C=CC(=O)N1[C@H](C)CN(c2c(C#N)c(=O)n(-c3c(C)ccnc3C(C)C)c3nc(-c4c(F)c(Cl)c(Cl)c(O)c4Cl)c(Cl)cc23)C[C@@H]1C.C=CC(=O)N1[C@H](C)CN(c2c(C#N)c(=O)n(-c3c(C)ccnc3C(C)C)c3nc(-c4c(O)c(F)c(F)c(F)c4F)c(Cl)cc23)C[C@@H]1C.C=CC(=O)N1[C@H](C)CN(c2c(C#N)c(=O)n(-c3c(C)ccnc3C(C)C)c3nc(-c4c(O)c(F)c(F)c(F)c4F)c(Cl)cc23)C[C@@H]1C. The van der Waals surface area contributed by atoms with Crippen molar-refractivity contribution >= 4 is 137 Å². The summed E-state index contributed by atoms with van der Waals surface area (Å²) in [6.07, 6.45) is 8.35. The van der Waals surface area contributed by atoms with Crippen LogP contribution in [0.5, 0.6) is 17.2 Å². The minimum Gasteiger partial charge on any atom is -0.505 e. The quantitative estimate of drug-likeness (QED) is 0.0371. The highest BCUT2D eigenvalue weighted by Gasteiger charge is 2.43. The maximum Gasteiger partial charge on any atom is 0.276 e. The van der Waals surface area contributed by atoms with Gasteiger partial charge in [0.05, 0.1) is 110 Å². The van der Waals surface area contributed by atoms with Gasteiger partial charge in [-0.25, -0.2) is 45.7 Å². The maximum absolute atomic E-state index is 15.7. The zero-order chi connectivity index (χ0) is 104. The van der Waals surface area contributed by atoms with Gasteiger partial charge in [0.2, 0.25) is 41.0 Å². The number of pyridine rings is 9. The molecule has 27 nitrogen and oxygen atoms in total. The summed E-state index contributed by atoms with van der Waals surface area (Å²) in [6, 6.07) is 12.8. The predicted octanol–water partition coefficient (Wildman–Crippen LogP) is 20.4. The van der Waals surface area contributed by atoms with Crippen LogP contribution in [0, 0.1) is 107 Å². The molecule has 3 aliphatic heterocycles. The summed E-state index contributed by atoms with van der Waals surface area (Å²) in [5.74, 6) is -23.3. The Morgan fingerprint density at radius 2 is 0.631 bits per heavy atom. The lowest BCUT2D eigenvalue weighted by atomic mass is 10.0. The second kappa shape index (κ2) is 40.8. The third-order valence-corrected chi connectivity index (χ3v) is 26.8. The van der Waals surface area contributed by atoms with Crippen LogP contribution >= 0.6 is 69.6 Å². The molecule has 3 amide bonds. The molecule has 42 heteroatoms. The average molecular weight is 2060 g/mol. The van der Waals surface area contributed by atoms with E-state index in [9.17, 15) is 86.2 Å². The third kappa shape index (κ3) is 18.1. The Hall–Kier alpha value is -13.8. The number of nitriles is 3. The fourth-order valence-electron chi connectivity index (χ4n) is 18.7. The van der Waals surface area contributed by atoms with E-state index in [2.05, 4.69) is 50.7 Å². The summed E-state index contributed by atoms with van der Waals surface area (Å²) in [6.45, 7) is 39.2. The number of carbonyl (C=O) groups excluding carboxylic acids is 3. The van der Waals surface area contributed by atoms with Crippen molar-refractivity contribution in [2.45, 2.75) is 158 Å². The summed E-state index contributed by atoms with van der Waals surface area (Å²) in [4.78, 5) is 119. The minimum absolute atomic E-state index is 0.0207. The van der Waals surface area contributed by atoms with Gasteiger partial charge in [-0.05, 0) is 151 Å². The molecule has 0 aliphatic carbocycles. The standard InChI is InChI=1S/C33H29Cl4FN6O3.2C33H29ClF4N6O3/c1-7-21(45)43-16(5)12-42(13-17(43)6)30-18-10-20(34)28(22-23(35)31(46)25(37)24(36)26(22)38)41-32(18)44(33(47)19(30)11-39)29-15(4)8-9-40-27(29)14(2)3;2*1-7-21(45)43-16(5)12-42(13-17(43)6)30-18-10-20(34)28(22-23(35)24(36)25(37)26(38)31(22)46)41-32(18)44(33(47)19(30)11-39)29-15(4)8-9-40-27(29)14(2)3/h3*7-10,14,16-17,46H,1,12-13H2,2-6H3/t3*16-,17+. The number of aromatic hydroxyl groups is 3. The van der Waals surface area contributed by atoms with E-state index in [0.717, 1.165) is 9.13 Å². The van der Waals surface area contributed by atoms with Crippen molar-refractivity contribution < 1.29 is 69.2 Å². The number of hydrogen-bond acceptors (Lipinski definition) is 21. The van der Waals surface area contributed by atoms with Gasteiger partial charge in [0, 0.05) is 110 Å². The monoisotopic (exact) mass is 2050 g/mol. The molecule has 0 bridgehead atoms. The van der Waals surface area contributed by atoms with Crippen LogP contribution in [0.15, 0.2) is 107 Å². The molecule has 15 rings (SSSR count). The molecule has 3 aliphatic rings. The Morgan fingerprint density at radius 1 is 0.383 bits per heavy atom. The molecule has 0 radical (unpaired) electrons. The van der Waals surface area contributed by atoms with Crippen LogP contribution in [-0.4, -0.2) is 167 Å². The summed E-state index contributed by atoms with van der Waals surface area (Å²) in [5.41, 5.74) is -3.31. The molecule has 9 aromatic heterocycles. The van der Waals surface area contributed by atoms with Crippen LogP contribution in [0.3, 0.4) is 0 Å². The van der Waals surface area contributed by atoms with Crippen LogP contribution in [-0.2, 0) is 14.4 Å². The first kappa shape index (κ1) is 105. The van der Waals surface area contributed by atoms with Crippen molar-refractivity contribution in [3.8, 4) is 86.3 Å². The average Bonchev–Trinajstić information content (AvgIpc) is 0.725. The van der Waals surface area contributed by atoms with Gasteiger partial charge in [-0.15, -0.1) is 0 Å². The maximum atomic E-state index is 15.7. The van der Waals surface area contributed by atoms with Gasteiger partial charge in [0.1, 0.15) is 56.9 Å². The third-order valence-electron chi connectivity index (χ3n) is 24.8. The van der Waals surface area contributed by atoms with Crippen molar-refractivity contribution in [1.82, 2.24) is 58.3 Å². The molecule has 0 saturated carbocycles. The second-order valence-electron chi connectivity index (χ2n) is 35.1. The zero-order valence-corrected chi connectivity index (χ0v) is 82.5. The Morgan fingerprint density at radius 3 is 0.872 bits per heavy atom. The first-order valence-corrected chi connectivity index (χ1v) is 45.9. The van der Waals surface area contributed by atoms with E-state index in [1.807, 2.05) is 72.4 Å². The smallest absolute Gasteiger partial charge is 0.276 e. The second-order valence-corrected chi connectivity index (χ2v) is 37.5. The lowest BCUT2D eigenvalue weighted by Gasteiger charge is -2.45. The van der Waals surface area contributed by atoms with Crippen LogP contribution < -0.4 is 31.4 Å². The predicted molar refractivity (Wildman–Crippen MR) is 522 cm³/mol. The molecule has 6 atom stereocenters. The number of phenols is 3. The number of benzene rings is 3. The lowest BCUT2D eigenvalue weighted by Crippen LogP contribution is -2.58. The molecule has 0 unspecified atom stereocenters. The van der Waals surface area contributed by atoms with E-state index in [1.165, 1.54) is 41.0 Å². The van der Waals surface area contributed by atoms with E-state index >= 15 is 13.2 Å². The first-order valence-electron chi connectivity index (χ1n) is 43.7. The number of rotatable bonds is 15. The first-order chi connectivity index (χ1) is 66.5. The largest absolute Gasteiger partial charge is 0.505 e. The summed E-state index contributed by atoms with van der Waals surface area (Å²) in [5, 5.41) is 60.8. The molecule has 12 aromatic rings. The number of piperazine rings is 3. The topological polar surface area (TPSA) is 346 Å². The van der Waals surface area contributed by atoms with Crippen LogP contribution in [0.1, 0.15) is 151 Å². The number of aromatic nitrogens is 9. The molecule has 141 heavy (non-hydrogen) atoms. The number of anilines is 3. The number of amides is 3. The normalized spacial score (nSPS) is 16.6. The fourth-order valence-corrected chi connectivity index (χ4v) is 20.1. The number of aryl methyl sites for hydroxylation is 3. The molecule has 0 spiro atoms. The zero-order valence-electron chi connectivity index (χ0n) is 78.0. The summed E-state index contributed by atoms with van der Waals surface area (Å²) >= 11 is 38.5. The van der Waals surface area contributed by atoms with Gasteiger partial charge in [-0.2, -0.15) is 24.6 Å². The van der Waals surface area contributed by atoms with E-state index < -0.39 is 164 Å².